The summed E-state index contributed by atoms with van der Waals surface area (Å²) in [4.78, 5) is 8.90. The SMILES string of the molecule is Cc1c(C)c2cccnc2c2ncccc12.N[C@H]1CCCC[C@@H]1N.[Pt+2]. The number of aryl methyl sites for hydroxylation is 2. The zero-order valence-corrected chi connectivity index (χ0v) is 17.1. The van der Waals surface area contributed by atoms with Crippen LogP contribution in [-0.2, 0) is 21.1 Å². The largest absolute Gasteiger partial charge is 2.00 e. The summed E-state index contributed by atoms with van der Waals surface area (Å²) in [5.74, 6) is 0. The summed E-state index contributed by atoms with van der Waals surface area (Å²) in [6.45, 7) is 4.29. The van der Waals surface area contributed by atoms with E-state index in [0.29, 0.717) is 0 Å². The molecule has 0 saturated heterocycles. The van der Waals surface area contributed by atoms with Gasteiger partial charge in [-0.25, -0.2) is 0 Å². The summed E-state index contributed by atoms with van der Waals surface area (Å²) in [7, 11) is 0. The quantitative estimate of drug-likeness (QED) is 0.447. The van der Waals surface area contributed by atoms with Crippen molar-refractivity contribution in [2.45, 2.75) is 51.6 Å². The van der Waals surface area contributed by atoms with Gasteiger partial charge in [-0.1, -0.05) is 25.0 Å². The van der Waals surface area contributed by atoms with Crippen molar-refractivity contribution in [2.24, 2.45) is 11.5 Å². The molecule has 0 bridgehead atoms. The summed E-state index contributed by atoms with van der Waals surface area (Å²) < 4.78 is 0. The number of aromatic nitrogens is 2. The van der Waals surface area contributed by atoms with Crippen LogP contribution in [0.2, 0.25) is 0 Å². The van der Waals surface area contributed by atoms with Crippen LogP contribution in [0.25, 0.3) is 21.8 Å². The number of nitrogens with zero attached hydrogens (tertiary/aromatic N) is 2. The first-order valence-corrected chi connectivity index (χ1v) is 8.69. The summed E-state index contributed by atoms with van der Waals surface area (Å²) >= 11 is 0. The Kier molecular flexibility index (Phi) is 7.06. The van der Waals surface area contributed by atoms with Crippen LogP contribution in [0.5, 0.6) is 0 Å². The molecule has 25 heavy (non-hydrogen) atoms. The zero-order chi connectivity index (χ0) is 17.1. The minimum atomic E-state index is 0. The molecule has 4 N–H and O–H groups in total. The van der Waals surface area contributed by atoms with Gasteiger partial charge in [0.05, 0.1) is 11.0 Å². The first-order chi connectivity index (χ1) is 11.6. The fourth-order valence-electron chi connectivity index (χ4n) is 3.39. The Balaban J connectivity index is 0.000000214. The summed E-state index contributed by atoms with van der Waals surface area (Å²) in [5, 5.41) is 2.40. The average Bonchev–Trinajstić information content (AvgIpc) is 2.63. The maximum absolute atomic E-state index is 5.65. The normalized spacial score (nSPS) is 19.8. The number of fused-ring (bicyclic) bond motifs is 3. The fourth-order valence-corrected chi connectivity index (χ4v) is 3.39. The number of pyridine rings is 2. The summed E-state index contributed by atoms with van der Waals surface area (Å²) in [5.41, 5.74) is 15.9. The Hall–Kier alpha value is -1.35. The van der Waals surface area contributed by atoms with E-state index in [1.807, 2.05) is 24.5 Å². The molecular formula is C20H26N4Pt+2. The van der Waals surface area contributed by atoms with Gasteiger partial charge in [0.25, 0.3) is 0 Å². The van der Waals surface area contributed by atoms with Gasteiger partial charge >= 0.3 is 21.1 Å². The van der Waals surface area contributed by atoms with Crippen molar-refractivity contribution in [1.29, 1.82) is 0 Å². The van der Waals surface area contributed by atoms with Crippen molar-refractivity contribution in [2.75, 3.05) is 0 Å². The van der Waals surface area contributed by atoms with Crippen molar-refractivity contribution in [1.82, 2.24) is 9.97 Å². The van der Waals surface area contributed by atoms with Gasteiger partial charge < -0.3 is 11.5 Å². The van der Waals surface area contributed by atoms with Crippen LogP contribution in [0.1, 0.15) is 36.8 Å². The number of nitrogens with two attached hydrogens (primary N) is 2. The number of rotatable bonds is 0. The van der Waals surface area contributed by atoms with Crippen molar-refractivity contribution < 1.29 is 21.1 Å². The van der Waals surface area contributed by atoms with E-state index in [4.69, 9.17) is 11.5 Å². The van der Waals surface area contributed by atoms with Gasteiger partial charge in [-0.3, -0.25) is 9.97 Å². The molecule has 5 heteroatoms. The molecule has 0 aliphatic heterocycles. The topological polar surface area (TPSA) is 77.8 Å². The molecule has 1 fully saturated rings. The van der Waals surface area contributed by atoms with Crippen LogP contribution in [0.15, 0.2) is 36.7 Å². The van der Waals surface area contributed by atoms with Gasteiger partial charge in [-0.2, -0.15) is 0 Å². The molecule has 1 aliphatic carbocycles. The van der Waals surface area contributed by atoms with E-state index in [-0.39, 0.29) is 33.1 Å². The first-order valence-electron chi connectivity index (χ1n) is 8.69. The Labute approximate surface area is 163 Å². The summed E-state index contributed by atoms with van der Waals surface area (Å²) in [6.07, 6.45) is 8.45. The van der Waals surface area contributed by atoms with E-state index < -0.39 is 0 Å². The molecule has 1 aromatic carbocycles. The van der Waals surface area contributed by atoms with Crippen molar-refractivity contribution >= 4 is 21.8 Å². The maximum atomic E-state index is 5.65. The molecule has 1 saturated carbocycles. The Morgan fingerprint density at radius 3 is 1.56 bits per heavy atom. The molecule has 4 nitrogen and oxygen atoms in total. The monoisotopic (exact) mass is 517 g/mol. The molecule has 0 amide bonds. The molecule has 3 aromatic rings. The van der Waals surface area contributed by atoms with Gasteiger partial charge in [0.15, 0.2) is 0 Å². The zero-order valence-electron chi connectivity index (χ0n) is 14.8. The van der Waals surface area contributed by atoms with E-state index >= 15 is 0 Å². The predicted octanol–water partition coefficient (Wildman–Crippen LogP) is 3.61. The molecule has 1 aliphatic rings. The fraction of sp³-hybridized carbons (Fsp3) is 0.400. The number of benzene rings is 1. The van der Waals surface area contributed by atoms with E-state index in [9.17, 15) is 0 Å². The minimum Gasteiger partial charge on any atom is -0.326 e. The smallest absolute Gasteiger partial charge is 0.326 e. The van der Waals surface area contributed by atoms with E-state index in [0.717, 1.165) is 23.9 Å². The molecule has 134 valence electrons. The van der Waals surface area contributed by atoms with Crippen molar-refractivity contribution in [3.05, 3.63) is 47.8 Å². The molecule has 4 rings (SSSR count). The molecule has 0 unspecified atom stereocenters. The standard InChI is InChI=1S/C14H12N2.C6H14N2.Pt/c1-9-10(2)12-6-4-8-16-14(12)13-11(9)5-3-7-15-13;7-5-3-1-2-4-6(5)8;/h3-8H,1-2H3;5-6H,1-4,7-8H2;/q;;+2/t;5-,6-;/m.0./s1. The Morgan fingerprint density at radius 1 is 0.800 bits per heavy atom. The third-order valence-electron chi connectivity index (χ3n) is 5.09. The average molecular weight is 518 g/mol. The van der Waals surface area contributed by atoms with Crippen LogP contribution in [0.3, 0.4) is 0 Å². The van der Waals surface area contributed by atoms with Crippen molar-refractivity contribution in [3.63, 3.8) is 0 Å². The number of hydrogen-bond acceptors (Lipinski definition) is 4. The molecule has 2 heterocycles. The van der Waals surface area contributed by atoms with Gasteiger partial charge in [0, 0.05) is 35.2 Å². The first kappa shape index (κ1) is 20.0. The molecular weight excluding hydrogens is 491 g/mol. The predicted molar refractivity (Wildman–Crippen MR) is 101 cm³/mol. The third-order valence-corrected chi connectivity index (χ3v) is 5.09. The second kappa shape index (κ2) is 8.84. The summed E-state index contributed by atoms with van der Waals surface area (Å²) in [6, 6.07) is 8.73. The molecule has 2 aromatic heterocycles. The molecule has 0 radical (unpaired) electrons. The van der Waals surface area contributed by atoms with Crippen LogP contribution in [0.4, 0.5) is 0 Å². The van der Waals surface area contributed by atoms with Crippen LogP contribution in [-0.4, -0.2) is 22.1 Å². The number of hydrogen-bond donors (Lipinski definition) is 2. The second-order valence-corrected chi connectivity index (χ2v) is 6.66. The van der Waals surface area contributed by atoms with Crippen LogP contribution < -0.4 is 11.5 Å². The van der Waals surface area contributed by atoms with Crippen molar-refractivity contribution in [3.8, 4) is 0 Å². The van der Waals surface area contributed by atoms with E-state index in [2.05, 4.69) is 35.9 Å². The van der Waals surface area contributed by atoms with Gasteiger partial charge in [0.1, 0.15) is 0 Å². The third kappa shape index (κ3) is 4.25. The van der Waals surface area contributed by atoms with Gasteiger partial charge in [0.2, 0.25) is 0 Å². The van der Waals surface area contributed by atoms with E-state index in [1.54, 1.807) is 0 Å². The van der Waals surface area contributed by atoms with Crippen LogP contribution in [0, 0.1) is 13.8 Å². The van der Waals surface area contributed by atoms with Crippen LogP contribution >= 0.6 is 0 Å². The van der Waals surface area contributed by atoms with Gasteiger partial charge in [-0.05, 0) is 49.9 Å². The Morgan fingerprint density at radius 2 is 1.20 bits per heavy atom. The minimum absolute atomic E-state index is 0. The molecule has 0 spiro atoms. The van der Waals surface area contributed by atoms with E-state index in [1.165, 1.54) is 34.7 Å². The Bertz CT molecular complexity index is 779. The second-order valence-electron chi connectivity index (χ2n) is 6.66. The van der Waals surface area contributed by atoms with Gasteiger partial charge in [-0.15, -0.1) is 0 Å². The molecule has 2 atom stereocenters. The maximum Gasteiger partial charge on any atom is 2.00 e.